The standard InChI is InChI=1S/C71H136O5/c1-3-5-7-9-11-13-15-17-19-21-23-25-27-29-31-33-34-35-36-38-39-41-43-45-47-49-51-53-55-57-59-61-63-65-70(73)75-68-69(67-72)76-71(74)66-64-62-60-58-56-54-52-50-48-46-44-42-40-37-32-30-28-26-24-22-20-18-16-14-12-10-8-6-4-2/h16,18,22,24,69,72H,3-15,17,19-21,23,25-68H2,1-2H3/b18-16-,24-22-. The molecule has 5 nitrogen and oxygen atoms in total. The SMILES string of the molecule is CCCCCCC/C=C\C/C=C\CCCCCCCCCCCCCCCCCCCC(=O)OC(CO)COC(=O)CCCCCCCCCCCCCCCCCCCCCCCCCCCCCCCCCCC. The highest BCUT2D eigenvalue weighted by Crippen LogP contribution is 2.19. The number of unbranched alkanes of at least 4 members (excludes halogenated alkanes) is 54. The Morgan fingerprint density at radius 3 is 0.776 bits per heavy atom. The number of carbonyl (C=O) groups excluding carboxylic acids is 2. The predicted octanol–water partition coefficient (Wildman–Crippen LogP) is 24.0. The highest BCUT2D eigenvalue weighted by molar-refractivity contribution is 5.70. The highest BCUT2D eigenvalue weighted by atomic mass is 16.6. The molecule has 5 heteroatoms. The molecule has 0 rings (SSSR count). The van der Waals surface area contributed by atoms with Crippen LogP contribution < -0.4 is 0 Å². The normalized spacial score (nSPS) is 12.2. The lowest BCUT2D eigenvalue weighted by Gasteiger charge is -2.15. The molecular formula is C71H136O5. The number of allylic oxidation sites excluding steroid dienone is 4. The molecule has 76 heavy (non-hydrogen) atoms. The van der Waals surface area contributed by atoms with Crippen LogP contribution in [0.3, 0.4) is 0 Å². The highest BCUT2D eigenvalue weighted by Gasteiger charge is 2.16. The quantitative estimate of drug-likeness (QED) is 0.0373. The fourth-order valence-corrected chi connectivity index (χ4v) is 11.0. The molecule has 450 valence electrons. The first-order valence-electron chi connectivity index (χ1n) is 34.9. The van der Waals surface area contributed by atoms with Gasteiger partial charge in [-0.15, -0.1) is 0 Å². The molecule has 0 aromatic rings. The topological polar surface area (TPSA) is 72.8 Å². The maximum Gasteiger partial charge on any atom is 0.306 e. The van der Waals surface area contributed by atoms with Crippen LogP contribution in [-0.2, 0) is 19.1 Å². The van der Waals surface area contributed by atoms with Crippen molar-refractivity contribution in [2.75, 3.05) is 13.2 Å². The summed E-state index contributed by atoms with van der Waals surface area (Å²) in [4.78, 5) is 24.6. The molecule has 0 aromatic heterocycles. The molecule has 1 atom stereocenters. The second-order valence-corrected chi connectivity index (χ2v) is 24.0. The predicted molar refractivity (Wildman–Crippen MR) is 335 cm³/mol. The van der Waals surface area contributed by atoms with E-state index in [1.807, 2.05) is 0 Å². The first-order valence-corrected chi connectivity index (χ1v) is 34.9. The molecular weight excluding hydrogens is 933 g/mol. The Labute approximate surface area is 476 Å². The summed E-state index contributed by atoms with van der Waals surface area (Å²) in [5.41, 5.74) is 0. The first kappa shape index (κ1) is 74.4. The summed E-state index contributed by atoms with van der Waals surface area (Å²) >= 11 is 0. The molecule has 0 amide bonds. The number of carbonyl (C=O) groups is 2. The minimum atomic E-state index is -0.769. The average Bonchev–Trinajstić information content (AvgIpc) is 3.42. The summed E-state index contributed by atoms with van der Waals surface area (Å²) in [6, 6.07) is 0. The second kappa shape index (κ2) is 67.7. The van der Waals surface area contributed by atoms with Crippen LogP contribution in [0.4, 0.5) is 0 Å². The van der Waals surface area contributed by atoms with Gasteiger partial charge in [0.25, 0.3) is 0 Å². The van der Waals surface area contributed by atoms with Crippen LogP contribution in [0, 0.1) is 0 Å². The third kappa shape index (κ3) is 64.9. The molecule has 0 fully saturated rings. The smallest absolute Gasteiger partial charge is 0.306 e. The molecule has 0 bridgehead atoms. The molecule has 1 N–H and O–H groups in total. The van der Waals surface area contributed by atoms with Crippen molar-refractivity contribution in [2.24, 2.45) is 0 Å². The van der Waals surface area contributed by atoms with Gasteiger partial charge in [-0.05, 0) is 44.9 Å². The van der Waals surface area contributed by atoms with Gasteiger partial charge < -0.3 is 14.6 Å². The number of hydrogen-bond donors (Lipinski definition) is 1. The molecule has 0 spiro atoms. The molecule has 0 heterocycles. The molecule has 0 radical (unpaired) electrons. The van der Waals surface area contributed by atoms with E-state index in [1.54, 1.807) is 0 Å². The molecule has 0 aliphatic heterocycles. The molecule has 1 unspecified atom stereocenters. The van der Waals surface area contributed by atoms with E-state index in [4.69, 9.17) is 9.47 Å². The van der Waals surface area contributed by atoms with Crippen LogP contribution in [0.25, 0.3) is 0 Å². The number of hydrogen-bond acceptors (Lipinski definition) is 5. The van der Waals surface area contributed by atoms with E-state index in [0.717, 1.165) is 38.5 Å². The molecule has 0 saturated carbocycles. The Bertz CT molecular complexity index is 1160. The van der Waals surface area contributed by atoms with E-state index in [2.05, 4.69) is 38.2 Å². The van der Waals surface area contributed by atoms with E-state index in [1.165, 1.54) is 334 Å². The van der Waals surface area contributed by atoms with Gasteiger partial charge in [-0.25, -0.2) is 0 Å². The number of rotatable bonds is 66. The molecule has 0 aliphatic carbocycles. The minimum absolute atomic E-state index is 0.0582. The van der Waals surface area contributed by atoms with Gasteiger partial charge in [0.15, 0.2) is 6.10 Å². The van der Waals surface area contributed by atoms with Crippen molar-refractivity contribution in [1.29, 1.82) is 0 Å². The largest absolute Gasteiger partial charge is 0.462 e. The molecule has 0 saturated heterocycles. The van der Waals surface area contributed by atoms with Gasteiger partial charge in [0.2, 0.25) is 0 Å². The van der Waals surface area contributed by atoms with Crippen molar-refractivity contribution in [3.8, 4) is 0 Å². The monoisotopic (exact) mass is 1070 g/mol. The van der Waals surface area contributed by atoms with E-state index in [9.17, 15) is 14.7 Å². The Morgan fingerprint density at radius 1 is 0.303 bits per heavy atom. The number of aliphatic hydroxyl groups excluding tert-OH is 1. The lowest BCUT2D eigenvalue weighted by molar-refractivity contribution is -0.161. The van der Waals surface area contributed by atoms with Gasteiger partial charge in [0, 0.05) is 12.8 Å². The lowest BCUT2D eigenvalue weighted by atomic mass is 10.0. The zero-order chi connectivity index (χ0) is 54.8. The van der Waals surface area contributed by atoms with Crippen molar-refractivity contribution < 1.29 is 24.2 Å². The Balaban J connectivity index is 3.37. The van der Waals surface area contributed by atoms with Crippen LogP contribution in [0.5, 0.6) is 0 Å². The maximum absolute atomic E-state index is 12.4. The number of aliphatic hydroxyl groups is 1. The van der Waals surface area contributed by atoms with Crippen molar-refractivity contribution >= 4 is 11.9 Å². The zero-order valence-corrected chi connectivity index (χ0v) is 51.8. The van der Waals surface area contributed by atoms with Gasteiger partial charge in [0.1, 0.15) is 6.61 Å². The lowest BCUT2D eigenvalue weighted by Crippen LogP contribution is -2.28. The van der Waals surface area contributed by atoms with Crippen LogP contribution >= 0.6 is 0 Å². The summed E-state index contributed by atoms with van der Waals surface area (Å²) in [7, 11) is 0. The second-order valence-electron chi connectivity index (χ2n) is 24.0. The van der Waals surface area contributed by atoms with E-state index >= 15 is 0 Å². The zero-order valence-electron chi connectivity index (χ0n) is 51.8. The van der Waals surface area contributed by atoms with Crippen molar-refractivity contribution in [1.82, 2.24) is 0 Å². The number of esters is 2. The maximum atomic E-state index is 12.4. The van der Waals surface area contributed by atoms with Gasteiger partial charge in [-0.3, -0.25) is 9.59 Å². The summed E-state index contributed by atoms with van der Waals surface area (Å²) in [5.74, 6) is -0.564. The number of ether oxygens (including phenoxy) is 2. The van der Waals surface area contributed by atoms with Crippen LogP contribution in [-0.4, -0.2) is 36.4 Å². The Hall–Kier alpha value is -1.62. The Kier molecular flexibility index (Phi) is 66.2. The van der Waals surface area contributed by atoms with Gasteiger partial charge in [-0.2, -0.15) is 0 Å². The van der Waals surface area contributed by atoms with Crippen molar-refractivity contribution in [2.45, 2.75) is 405 Å². The van der Waals surface area contributed by atoms with E-state index < -0.39 is 6.10 Å². The average molecular weight is 1070 g/mol. The van der Waals surface area contributed by atoms with E-state index in [0.29, 0.717) is 12.8 Å². The van der Waals surface area contributed by atoms with Crippen LogP contribution in [0.15, 0.2) is 24.3 Å². The summed E-state index contributed by atoms with van der Waals surface area (Å²) in [6.45, 7) is 4.20. The van der Waals surface area contributed by atoms with Gasteiger partial charge in [-0.1, -0.05) is 366 Å². The fourth-order valence-electron chi connectivity index (χ4n) is 11.0. The third-order valence-electron chi connectivity index (χ3n) is 16.2. The van der Waals surface area contributed by atoms with E-state index in [-0.39, 0.29) is 25.2 Å². The van der Waals surface area contributed by atoms with Crippen molar-refractivity contribution in [3.05, 3.63) is 24.3 Å². The fraction of sp³-hybridized carbons (Fsp3) is 0.915. The Morgan fingerprint density at radius 2 is 0.526 bits per heavy atom. The van der Waals surface area contributed by atoms with Crippen LogP contribution in [0.2, 0.25) is 0 Å². The summed E-state index contributed by atoms with van der Waals surface area (Å²) < 4.78 is 10.8. The molecule has 0 aliphatic rings. The first-order chi connectivity index (χ1) is 37.6. The van der Waals surface area contributed by atoms with Gasteiger partial charge in [0.05, 0.1) is 6.61 Å². The molecule has 0 aromatic carbocycles. The van der Waals surface area contributed by atoms with Crippen molar-refractivity contribution in [3.63, 3.8) is 0 Å². The van der Waals surface area contributed by atoms with Crippen LogP contribution in [0.1, 0.15) is 399 Å². The summed E-state index contributed by atoms with van der Waals surface area (Å²) in [5, 5.41) is 9.70. The third-order valence-corrected chi connectivity index (χ3v) is 16.2. The summed E-state index contributed by atoms with van der Waals surface area (Å²) in [6.07, 6.45) is 87.9. The minimum Gasteiger partial charge on any atom is -0.462 e. The van der Waals surface area contributed by atoms with Gasteiger partial charge >= 0.3 is 11.9 Å².